The first-order chi connectivity index (χ1) is 28.6. The second kappa shape index (κ2) is 48.7. The molecule has 1 N–H and O–H groups in total. The Kier molecular flexibility index (Phi) is 46.5. The minimum atomic E-state index is -0.804. The van der Waals surface area contributed by atoms with Gasteiger partial charge in [-0.25, -0.2) is 0 Å². The van der Waals surface area contributed by atoms with E-state index in [1.807, 2.05) is 0 Å². The molecule has 334 valence electrons. The van der Waals surface area contributed by atoms with Gasteiger partial charge in [-0.3, -0.25) is 9.59 Å². The summed E-state index contributed by atoms with van der Waals surface area (Å²) in [4.78, 5) is 24.4. The van der Waals surface area contributed by atoms with Crippen molar-refractivity contribution in [2.24, 2.45) is 0 Å². The van der Waals surface area contributed by atoms with E-state index in [2.05, 4.69) is 86.8 Å². The molecule has 0 saturated heterocycles. The molecule has 0 aromatic rings. The number of unbranched alkanes of at least 4 members (excludes halogenated alkanes) is 24. The van der Waals surface area contributed by atoms with Crippen LogP contribution in [0.25, 0.3) is 0 Å². The number of hydrogen-bond acceptors (Lipinski definition) is 5. The van der Waals surface area contributed by atoms with Crippen molar-refractivity contribution in [3.05, 3.63) is 72.9 Å². The highest BCUT2D eigenvalue weighted by molar-refractivity contribution is 5.70. The van der Waals surface area contributed by atoms with E-state index in [1.165, 1.54) is 141 Å². The predicted molar refractivity (Wildman–Crippen MR) is 251 cm³/mol. The van der Waals surface area contributed by atoms with Gasteiger partial charge in [0.05, 0.1) is 6.61 Å². The molecule has 0 spiro atoms. The molecule has 0 aromatic heterocycles. The quantitative estimate of drug-likeness (QED) is 0.0377. The van der Waals surface area contributed by atoms with Crippen LogP contribution >= 0.6 is 0 Å². The number of rotatable bonds is 44. The first-order valence-electron chi connectivity index (χ1n) is 24.5. The summed E-state index contributed by atoms with van der Waals surface area (Å²) in [6.07, 6.45) is 65.8. The Bertz CT molecular complexity index is 1050. The van der Waals surface area contributed by atoms with Crippen LogP contribution in [0.2, 0.25) is 0 Å². The largest absolute Gasteiger partial charge is 0.462 e. The lowest BCUT2D eigenvalue weighted by atomic mass is 10.0. The lowest BCUT2D eigenvalue weighted by molar-refractivity contribution is -0.161. The van der Waals surface area contributed by atoms with E-state index in [9.17, 15) is 14.7 Å². The zero-order valence-electron chi connectivity index (χ0n) is 38.0. The zero-order chi connectivity index (χ0) is 42.1. The van der Waals surface area contributed by atoms with Crippen LogP contribution in [-0.4, -0.2) is 36.4 Å². The van der Waals surface area contributed by atoms with E-state index in [0.29, 0.717) is 12.8 Å². The van der Waals surface area contributed by atoms with Crippen LogP contribution in [0.3, 0.4) is 0 Å². The number of ether oxygens (including phenoxy) is 2. The molecule has 0 rings (SSSR count). The smallest absolute Gasteiger partial charge is 0.306 e. The maximum absolute atomic E-state index is 12.2. The van der Waals surface area contributed by atoms with E-state index in [4.69, 9.17) is 9.47 Å². The lowest BCUT2D eigenvalue weighted by Crippen LogP contribution is -2.28. The van der Waals surface area contributed by atoms with Crippen LogP contribution in [0.15, 0.2) is 72.9 Å². The predicted octanol–water partition coefficient (Wildman–Crippen LogP) is 16.1. The van der Waals surface area contributed by atoms with Gasteiger partial charge in [-0.05, 0) is 77.0 Å². The summed E-state index contributed by atoms with van der Waals surface area (Å²) in [5.74, 6) is -0.657. The number of allylic oxidation sites excluding steroid dienone is 12. The number of aliphatic hydroxyl groups is 1. The zero-order valence-corrected chi connectivity index (χ0v) is 38.0. The van der Waals surface area contributed by atoms with Crippen LogP contribution < -0.4 is 0 Å². The van der Waals surface area contributed by atoms with Crippen molar-refractivity contribution in [1.82, 2.24) is 0 Å². The summed E-state index contributed by atoms with van der Waals surface area (Å²) in [5.41, 5.74) is 0. The van der Waals surface area contributed by atoms with Gasteiger partial charge in [0.15, 0.2) is 6.10 Å². The van der Waals surface area contributed by atoms with Crippen molar-refractivity contribution in [3.63, 3.8) is 0 Å². The normalized spacial score (nSPS) is 12.8. The summed E-state index contributed by atoms with van der Waals surface area (Å²) in [5, 5.41) is 9.59. The minimum Gasteiger partial charge on any atom is -0.462 e. The average molecular weight is 809 g/mol. The Hall–Kier alpha value is -2.66. The van der Waals surface area contributed by atoms with E-state index >= 15 is 0 Å². The molecule has 58 heavy (non-hydrogen) atoms. The van der Waals surface area contributed by atoms with Crippen molar-refractivity contribution >= 4 is 11.9 Å². The number of hydrogen-bond donors (Lipinski definition) is 1. The molecule has 0 aromatic carbocycles. The fourth-order valence-electron chi connectivity index (χ4n) is 6.82. The Morgan fingerprint density at radius 1 is 0.414 bits per heavy atom. The summed E-state index contributed by atoms with van der Waals surface area (Å²) >= 11 is 0. The van der Waals surface area contributed by atoms with Gasteiger partial charge in [-0.2, -0.15) is 0 Å². The van der Waals surface area contributed by atoms with Crippen LogP contribution in [-0.2, 0) is 19.1 Å². The van der Waals surface area contributed by atoms with Crippen molar-refractivity contribution in [3.8, 4) is 0 Å². The van der Waals surface area contributed by atoms with E-state index in [-0.39, 0.29) is 31.6 Å². The molecule has 0 aliphatic carbocycles. The van der Waals surface area contributed by atoms with Gasteiger partial charge in [0.25, 0.3) is 0 Å². The van der Waals surface area contributed by atoms with Crippen molar-refractivity contribution < 1.29 is 24.2 Å². The standard InChI is InChI=1S/C53H92O5/c1-3-5-7-9-11-13-15-17-19-21-22-23-24-25-26-27-28-29-30-32-33-35-37-39-41-43-45-47-52(55)57-50-51(49-54)58-53(56)48-46-44-42-40-38-36-34-31-20-18-16-14-12-10-8-6-4-2/h6,8,12,14,18,20-22,34,36,40,42,51,54H,3-5,7,9-11,13,15-17,19,23-33,35,37-39,41,43-50H2,1-2H3/b8-6-,14-12-,20-18-,22-21-,36-34-,42-40-. The Morgan fingerprint density at radius 2 is 0.759 bits per heavy atom. The Morgan fingerprint density at radius 3 is 1.19 bits per heavy atom. The molecule has 0 heterocycles. The third-order valence-corrected chi connectivity index (χ3v) is 10.5. The molecule has 5 nitrogen and oxygen atoms in total. The first kappa shape index (κ1) is 55.3. The van der Waals surface area contributed by atoms with Gasteiger partial charge in [-0.1, -0.05) is 215 Å². The molecule has 0 fully saturated rings. The maximum atomic E-state index is 12.2. The van der Waals surface area contributed by atoms with Gasteiger partial charge in [0.1, 0.15) is 6.61 Å². The third kappa shape index (κ3) is 46.0. The molecule has 0 saturated carbocycles. The van der Waals surface area contributed by atoms with Crippen molar-refractivity contribution in [1.29, 1.82) is 0 Å². The second-order valence-electron chi connectivity index (χ2n) is 16.2. The number of carbonyl (C=O) groups excluding carboxylic acids is 2. The van der Waals surface area contributed by atoms with E-state index in [1.54, 1.807) is 0 Å². The lowest BCUT2D eigenvalue weighted by Gasteiger charge is -2.15. The molecular formula is C53H92O5. The van der Waals surface area contributed by atoms with Gasteiger partial charge >= 0.3 is 11.9 Å². The van der Waals surface area contributed by atoms with Crippen LogP contribution in [0.4, 0.5) is 0 Å². The van der Waals surface area contributed by atoms with Crippen molar-refractivity contribution in [2.45, 2.75) is 238 Å². The highest BCUT2D eigenvalue weighted by Crippen LogP contribution is 2.15. The topological polar surface area (TPSA) is 72.8 Å². The summed E-state index contributed by atoms with van der Waals surface area (Å²) in [6, 6.07) is 0. The fraction of sp³-hybridized carbons (Fsp3) is 0.736. The third-order valence-electron chi connectivity index (χ3n) is 10.5. The Balaban J connectivity index is 3.54. The molecule has 0 aliphatic heterocycles. The molecule has 1 unspecified atom stereocenters. The number of carbonyl (C=O) groups is 2. The summed E-state index contributed by atoms with van der Waals surface area (Å²) in [6.45, 7) is 3.99. The summed E-state index contributed by atoms with van der Waals surface area (Å²) < 4.78 is 10.6. The molecule has 1 atom stereocenters. The van der Waals surface area contributed by atoms with Gasteiger partial charge in [0, 0.05) is 12.8 Å². The first-order valence-corrected chi connectivity index (χ1v) is 24.5. The van der Waals surface area contributed by atoms with E-state index < -0.39 is 6.10 Å². The minimum absolute atomic E-state index is 0.0901. The molecule has 0 aliphatic rings. The maximum Gasteiger partial charge on any atom is 0.306 e. The van der Waals surface area contributed by atoms with Crippen molar-refractivity contribution in [2.75, 3.05) is 13.2 Å². The highest BCUT2D eigenvalue weighted by Gasteiger charge is 2.16. The molecule has 0 radical (unpaired) electrons. The van der Waals surface area contributed by atoms with Crippen LogP contribution in [0.5, 0.6) is 0 Å². The van der Waals surface area contributed by atoms with E-state index in [0.717, 1.165) is 57.8 Å². The molecule has 5 heteroatoms. The van der Waals surface area contributed by atoms with Crippen LogP contribution in [0.1, 0.15) is 232 Å². The second-order valence-corrected chi connectivity index (χ2v) is 16.2. The molecule has 0 bridgehead atoms. The molecule has 0 amide bonds. The average Bonchev–Trinajstić information content (AvgIpc) is 3.23. The summed E-state index contributed by atoms with van der Waals surface area (Å²) in [7, 11) is 0. The number of esters is 2. The van der Waals surface area contributed by atoms with Gasteiger partial charge < -0.3 is 14.6 Å². The Labute approximate surface area is 359 Å². The SMILES string of the molecule is CC/C=C\C/C=C\C/C=C\C/C=C\C/C=C\CCCC(=O)OC(CO)COC(=O)CCCCCCCCCCCCCCCCC/C=C\CCCCCCCCCC. The highest BCUT2D eigenvalue weighted by atomic mass is 16.6. The van der Waals surface area contributed by atoms with Crippen LogP contribution in [0, 0.1) is 0 Å². The monoisotopic (exact) mass is 809 g/mol. The van der Waals surface area contributed by atoms with Gasteiger partial charge in [-0.15, -0.1) is 0 Å². The molecular weight excluding hydrogens is 717 g/mol. The van der Waals surface area contributed by atoms with Gasteiger partial charge in [0.2, 0.25) is 0 Å². The fourth-order valence-corrected chi connectivity index (χ4v) is 6.82. The number of aliphatic hydroxyl groups excluding tert-OH is 1.